The van der Waals surface area contributed by atoms with E-state index in [2.05, 4.69) is 4.99 Å². The van der Waals surface area contributed by atoms with Crippen LogP contribution < -0.4 is 0 Å². The van der Waals surface area contributed by atoms with Crippen molar-refractivity contribution in [2.24, 2.45) is 4.99 Å². The van der Waals surface area contributed by atoms with Crippen molar-refractivity contribution in [3.8, 4) is 0 Å². The largest absolute Gasteiger partial charge is 0.474 e. The molecule has 0 radical (unpaired) electrons. The first-order valence-corrected chi connectivity index (χ1v) is 4.26. The van der Waals surface area contributed by atoms with Crippen molar-refractivity contribution in [3.63, 3.8) is 0 Å². The molecule has 0 spiro atoms. The molecule has 0 fully saturated rings. The summed E-state index contributed by atoms with van der Waals surface area (Å²) < 4.78 is 4.93. The fourth-order valence-electron chi connectivity index (χ4n) is 1.34. The summed E-state index contributed by atoms with van der Waals surface area (Å²) in [6, 6.07) is 9.32. The first kappa shape index (κ1) is 8.74. The van der Waals surface area contributed by atoms with Gasteiger partial charge in [0, 0.05) is 0 Å². The normalized spacial score (nSPS) is 20.0. The number of aliphatic imine (C=N–C) groups is 1. The summed E-state index contributed by atoms with van der Waals surface area (Å²) in [6.45, 7) is 0.311. The van der Waals surface area contributed by atoms with Gasteiger partial charge in [-0.1, -0.05) is 30.3 Å². The molecule has 14 heavy (non-hydrogen) atoms. The summed E-state index contributed by atoms with van der Waals surface area (Å²) in [5.41, 5.74) is 0.976. The molecule has 4 nitrogen and oxygen atoms in total. The third-order valence-corrected chi connectivity index (χ3v) is 2.02. The maximum Gasteiger partial charge on any atom is 0.391 e. The minimum atomic E-state index is -1.11. The number of carbonyl (C=O) groups is 1. The number of hydrogen-bond donors (Lipinski definition) is 1. The van der Waals surface area contributed by atoms with Crippen LogP contribution in [0.25, 0.3) is 0 Å². The molecular formula is C10H9NO3. The quantitative estimate of drug-likeness (QED) is 0.765. The van der Waals surface area contributed by atoms with Crippen molar-refractivity contribution in [2.45, 2.75) is 6.04 Å². The molecule has 0 bridgehead atoms. The van der Waals surface area contributed by atoms with Crippen LogP contribution in [0.5, 0.6) is 0 Å². The molecule has 1 aliphatic rings. The molecule has 1 aromatic carbocycles. The third-order valence-electron chi connectivity index (χ3n) is 2.02. The van der Waals surface area contributed by atoms with Crippen LogP contribution in [0, 0.1) is 0 Å². The van der Waals surface area contributed by atoms with Crippen LogP contribution in [0.4, 0.5) is 0 Å². The summed E-state index contributed by atoms with van der Waals surface area (Å²) in [5, 5.41) is 8.62. The Morgan fingerprint density at radius 1 is 1.43 bits per heavy atom. The summed E-state index contributed by atoms with van der Waals surface area (Å²) in [5.74, 6) is -1.30. The predicted octanol–water partition coefficient (Wildman–Crippen LogP) is 1.24. The Bertz CT molecular complexity index is 372. The first-order chi connectivity index (χ1) is 6.77. The molecule has 0 saturated carbocycles. The predicted molar refractivity (Wildman–Crippen MR) is 50.2 cm³/mol. The van der Waals surface area contributed by atoms with Crippen molar-refractivity contribution >= 4 is 11.9 Å². The molecule has 0 aliphatic carbocycles. The van der Waals surface area contributed by atoms with Gasteiger partial charge in [0.05, 0.1) is 0 Å². The lowest BCUT2D eigenvalue weighted by Gasteiger charge is -2.03. The van der Waals surface area contributed by atoms with Crippen LogP contribution >= 0.6 is 0 Å². The summed E-state index contributed by atoms with van der Waals surface area (Å²) in [4.78, 5) is 14.5. The number of nitrogens with zero attached hydrogens (tertiary/aromatic N) is 1. The van der Waals surface area contributed by atoms with Crippen LogP contribution in [-0.4, -0.2) is 23.6 Å². The lowest BCUT2D eigenvalue weighted by molar-refractivity contribution is -0.130. The second-order valence-electron chi connectivity index (χ2n) is 2.98. The highest BCUT2D eigenvalue weighted by atomic mass is 16.5. The SMILES string of the molecule is O=C(O)C1=NC(c2ccccc2)CO1. The molecule has 1 aromatic rings. The van der Waals surface area contributed by atoms with Gasteiger partial charge in [0.1, 0.15) is 12.6 Å². The van der Waals surface area contributed by atoms with Crippen molar-refractivity contribution in [1.82, 2.24) is 0 Å². The molecule has 1 atom stereocenters. The van der Waals surface area contributed by atoms with Gasteiger partial charge in [0.15, 0.2) is 0 Å². The number of rotatable bonds is 2. The van der Waals surface area contributed by atoms with Gasteiger partial charge in [-0.25, -0.2) is 9.79 Å². The van der Waals surface area contributed by atoms with Crippen LogP contribution in [0.1, 0.15) is 11.6 Å². The monoisotopic (exact) mass is 191 g/mol. The number of aliphatic carboxylic acids is 1. The molecule has 0 aromatic heterocycles. The highest BCUT2D eigenvalue weighted by Gasteiger charge is 2.24. The summed E-state index contributed by atoms with van der Waals surface area (Å²) >= 11 is 0. The van der Waals surface area contributed by atoms with Gasteiger partial charge in [0.25, 0.3) is 5.90 Å². The van der Waals surface area contributed by atoms with Crippen LogP contribution in [0.3, 0.4) is 0 Å². The zero-order chi connectivity index (χ0) is 9.97. The molecule has 2 rings (SSSR count). The van der Waals surface area contributed by atoms with Gasteiger partial charge in [-0.2, -0.15) is 0 Å². The minimum Gasteiger partial charge on any atom is -0.474 e. The molecule has 0 saturated heterocycles. The molecule has 1 unspecified atom stereocenters. The number of ether oxygens (including phenoxy) is 1. The van der Waals surface area contributed by atoms with E-state index in [1.165, 1.54) is 0 Å². The summed E-state index contributed by atoms with van der Waals surface area (Å²) in [6.07, 6.45) is 0. The van der Waals surface area contributed by atoms with Crippen molar-refractivity contribution < 1.29 is 14.6 Å². The zero-order valence-corrected chi connectivity index (χ0v) is 7.38. The van der Waals surface area contributed by atoms with E-state index in [1.807, 2.05) is 30.3 Å². The number of benzene rings is 1. The smallest absolute Gasteiger partial charge is 0.391 e. The van der Waals surface area contributed by atoms with E-state index in [9.17, 15) is 4.79 Å². The molecular weight excluding hydrogens is 182 g/mol. The van der Waals surface area contributed by atoms with Crippen LogP contribution in [0.2, 0.25) is 0 Å². The minimum absolute atomic E-state index is 0.178. The Balaban J connectivity index is 2.20. The maximum absolute atomic E-state index is 10.5. The first-order valence-electron chi connectivity index (χ1n) is 4.26. The Morgan fingerprint density at radius 2 is 2.14 bits per heavy atom. The zero-order valence-electron chi connectivity index (χ0n) is 7.38. The lowest BCUT2D eigenvalue weighted by Crippen LogP contribution is -2.12. The standard InChI is InChI=1S/C10H9NO3/c12-10(13)9-11-8(6-14-9)7-4-2-1-3-5-7/h1-5,8H,6H2,(H,12,13). The Hall–Kier alpha value is -1.84. The van der Waals surface area contributed by atoms with E-state index >= 15 is 0 Å². The Morgan fingerprint density at radius 3 is 2.71 bits per heavy atom. The molecule has 4 heteroatoms. The average molecular weight is 191 g/mol. The van der Waals surface area contributed by atoms with Gasteiger partial charge in [-0.15, -0.1) is 0 Å². The van der Waals surface area contributed by atoms with E-state index in [0.29, 0.717) is 6.61 Å². The van der Waals surface area contributed by atoms with E-state index < -0.39 is 5.97 Å². The van der Waals surface area contributed by atoms with Gasteiger partial charge >= 0.3 is 5.97 Å². The Kier molecular flexibility index (Phi) is 2.18. The molecule has 0 amide bonds. The maximum atomic E-state index is 10.5. The van der Waals surface area contributed by atoms with Gasteiger partial charge in [0.2, 0.25) is 0 Å². The highest BCUT2D eigenvalue weighted by molar-refractivity contribution is 6.32. The average Bonchev–Trinajstić information content (AvgIpc) is 2.68. The van der Waals surface area contributed by atoms with E-state index in [0.717, 1.165) is 5.56 Å². The highest BCUT2D eigenvalue weighted by Crippen LogP contribution is 2.22. The van der Waals surface area contributed by atoms with Crippen molar-refractivity contribution in [2.75, 3.05) is 6.61 Å². The van der Waals surface area contributed by atoms with Crippen molar-refractivity contribution in [1.29, 1.82) is 0 Å². The van der Waals surface area contributed by atoms with Gasteiger partial charge in [-0.05, 0) is 5.56 Å². The molecule has 1 aliphatic heterocycles. The Labute approximate surface area is 80.8 Å². The number of carboxylic acid groups (broad SMARTS) is 1. The van der Waals surface area contributed by atoms with E-state index in [-0.39, 0.29) is 11.9 Å². The van der Waals surface area contributed by atoms with Crippen molar-refractivity contribution in [3.05, 3.63) is 35.9 Å². The second kappa shape index (κ2) is 3.49. The fourth-order valence-corrected chi connectivity index (χ4v) is 1.34. The lowest BCUT2D eigenvalue weighted by atomic mass is 10.1. The third kappa shape index (κ3) is 1.59. The molecule has 1 N–H and O–H groups in total. The second-order valence-corrected chi connectivity index (χ2v) is 2.98. The van der Waals surface area contributed by atoms with Gasteiger partial charge < -0.3 is 9.84 Å². The van der Waals surface area contributed by atoms with Crippen LogP contribution in [0.15, 0.2) is 35.3 Å². The summed E-state index contributed by atoms with van der Waals surface area (Å²) in [7, 11) is 0. The number of hydrogen-bond acceptors (Lipinski definition) is 3. The fraction of sp³-hybridized carbons (Fsp3) is 0.200. The molecule has 72 valence electrons. The van der Waals surface area contributed by atoms with E-state index in [4.69, 9.17) is 9.84 Å². The topological polar surface area (TPSA) is 58.9 Å². The number of carboxylic acids is 1. The molecule has 1 heterocycles. The van der Waals surface area contributed by atoms with Crippen LogP contribution in [-0.2, 0) is 9.53 Å². The van der Waals surface area contributed by atoms with E-state index in [1.54, 1.807) is 0 Å². The van der Waals surface area contributed by atoms with Gasteiger partial charge in [-0.3, -0.25) is 0 Å².